The molecule has 20 heavy (non-hydrogen) atoms. The molecular formula is C17H29N3. The zero-order valence-corrected chi connectivity index (χ0v) is 13.4. The van der Waals surface area contributed by atoms with E-state index in [0.29, 0.717) is 0 Å². The van der Waals surface area contributed by atoms with Gasteiger partial charge in [-0.25, -0.2) is 0 Å². The van der Waals surface area contributed by atoms with Gasteiger partial charge in [-0.2, -0.15) is 0 Å². The van der Waals surface area contributed by atoms with E-state index in [1.165, 1.54) is 31.6 Å². The smallest absolute Gasteiger partial charge is 0.0547 e. The van der Waals surface area contributed by atoms with E-state index in [1.54, 1.807) is 0 Å². The minimum atomic E-state index is 0.223. The third-order valence-corrected chi connectivity index (χ3v) is 3.86. The van der Waals surface area contributed by atoms with Crippen LogP contribution in [0.15, 0.2) is 18.2 Å². The number of piperidine rings is 1. The molecule has 0 amide bonds. The van der Waals surface area contributed by atoms with Crippen LogP contribution in [0.25, 0.3) is 0 Å². The lowest BCUT2D eigenvalue weighted by Gasteiger charge is -2.34. The van der Waals surface area contributed by atoms with Gasteiger partial charge in [0.1, 0.15) is 0 Å². The molecule has 0 radical (unpaired) electrons. The average molecular weight is 275 g/mol. The largest absolute Gasteiger partial charge is 0.312 e. The Hall–Kier alpha value is -0.930. The van der Waals surface area contributed by atoms with Crippen LogP contribution in [-0.4, -0.2) is 35.1 Å². The van der Waals surface area contributed by atoms with Crippen LogP contribution in [0.3, 0.4) is 0 Å². The van der Waals surface area contributed by atoms with Crippen molar-refractivity contribution in [2.24, 2.45) is 5.92 Å². The van der Waals surface area contributed by atoms with E-state index in [2.05, 4.69) is 61.1 Å². The maximum Gasteiger partial charge on any atom is 0.0547 e. The third kappa shape index (κ3) is 5.22. The average Bonchev–Trinajstić information content (AvgIpc) is 2.36. The molecule has 112 valence electrons. The Balaban J connectivity index is 1.84. The molecular weight excluding hydrogens is 246 g/mol. The SMILES string of the molecule is Cc1cccc(CN2CCCC(CNC(C)(C)C)C2)n1. The number of rotatable bonds is 4. The van der Waals surface area contributed by atoms with Gasteiger partial charge in [0.05, 0.1) is 5.69 Å². The van der Waals surface area contributed by atoms with Crippen molar-refractivity contribution in [1.29, 1.82) is 0 Å². The quantitative estimate of drug-likeness (QED) is 0.915. The zero-order chi connectivity index (χ0) is 14.6. The van der Waals surface area contributed by atoms with E-state index in [1.807, 2.05) is 0 Å². The first-order chi connectivity index (χ1) is 9.42. The Kier molecular flexibility index (Phi) is 5.17. The number of nitrogens with one attached hydrogen (secondary N) is 1. The Bertz CT molecular complexity index is 422. The summed E-state index contributed by atoms with van der Waals surface area (Å²) in [6, 6.07) is 6.32. The monoisotopic (exact) mass is 275 g/mol. The zero-order valence-electron chi connectivity index (χ0n) is 13.4. The second-order valence-electron chi connectivity index (χ2n) is 7.14. The van der Waals surface area contributed by atoms with Gasteiger partial charge < -0.3 is 5.32 Å². The molecule has 0 aromatic carbocycles. The van der Waals surface area contributed by atoms with Gasteiger partial charge in [0, 0.05) is 24.3 Å². The molecule has 1 saturated heterocycles. The lowest BCUT2D eigenvalue weighted by Crippen LogP contribution is -2.44. The topological polar surface area (TPSA) is 28.2 Å². The molecule has 3 nitrogen and oxygen atoms in total. The molecule has 0 bridgehead atoms. The highest BCUT2D eigenvalue weighted by atomic mass is 15.1. The maximum absolute atomic E-state index is 4.62. The normalized spacial score (nSPS) is 21.1. The number of nitrogens with zero attached hydrogens (tertiary/aromatic N) is 2. The van der Waals surface area contributed by atoms with E-state index in [4.69, 9.17) is 0 Å². The minimum Gasteiger partial charge on any atom is -0.312 e. The van der Waals surface area contributed by atoms with Crippen LogP contribution in [-0.2, 0) is 6.54 Å². The van der Waals surface area contributed by atoms with Gasteiger partial charge in [0.2, 0.25) is 0 Å². The summed E-state index contributed by atoms with van der Waals surface area (Å²) in [5.74, 6) is 0.771. The third-order valence-electron chi connectivity index (χ3n) is 3.86. The van der Waals surface area contributed by atoms with Gasteiger partial charge in [0.15, 0.2) is 0 Å². The summed E-state index contributed by atoms with van der Waals surface area (Å²) < 4.78 is 0. The molecule has 1 aromatic heterocycles. The predicted octanol–water partition coefficient (Wildman–Crippen LogP) is 2.99. The van der Waals surface area contributed by atoms with Crippen LogP contribution < -0.4 is 5.32 Å². The van der Waals surface area contributed by atoms with E-state index in [9.17, 15) is 0 Å². The molecule has 1 aromatic rings. The highest BCUT2D eigenvalue weighted by Crippen LogP contribution is 2.18. The fourth-order valence-corrected chi connectivity index (χ4v) is 2.83. The molecule has 0 saturated carbocycles. The van der Waals surface area contributed by atoms with Crippen molar-refractivity contribution in [2.75, 3.05) is 19.6 Å². The first-order valence-electron chi connectivity index (χ1n) is 7.82. The molecule has 0 spiro atoms. The molecule has 2 heterocycles. The predicted molar refractivity (Wildman–Crippen MR) is 84.7 cm³/mol. The minimum absolute atomic E-state index is 0.223. The lowest BCUT2D eigenvalue weighted by atomic mass is 9.96. The first kappa shape index (κ1) is 15.5. The fourth-order valence-electron chi connectivity index (χ4n) is 2.83. The van der Waals surface area contributed by atoms with Crippen molar-refractivity contribution in [1.82, 2.24) is 15.2 Å². The molecule has 2 rings (SSSR count). The number of hydrogen-bond donors (Lipinski definition) is 1. The van der Waals surface area contributed by atoms with Crippen molar-refractivity contribution in [3.63, 3.8) is 0 Å². The van der Waals surface area contributed by atoms with Gasteiger partial charge in [-0.1, -0.05) is 6.07 Å². The van der Waals surface area contributed by atoms with Gasteiger partial charge >= 0.3 is 0 Å². The summed E-state index contributed by atoms with van der Waals surface area (Å²) in [6.07, 6.45) is 2.66. The standard InChI is InChI=1S/C17H29N3/c1-14-7-5-9-16(19-14)13-20-10-6-8-15(12-20)11-18-17(2,3)4/h5,7,9,15,18H,6,8,10-13H2,1-4H3. The summed E-state index contributed by atoms with van der Waals surface area (Å²) in [5, 5.41) is 3.64. The number of hydrogen-bond acceptors (Lipinski definition) is 3. The summed E-state index contributed by atoms with van der Waals surface area (Å²) in [6.45, 7) is 13.3. The van der Waals surface area contributed by atoms with E-state index in [0.717, 1.165) is 24.7 Å². The Morgan fingerprint density at radius 3 is 2.85 bits per heavy atom. The summed E-state index contributed by atoms with van der Waals surface area (Å²) in [5.41, 5.74) is 2.54. The summed E-state index contributed by atoms with van der Waals surface area (Å²) in [7, 11) is 0. The van der Waals surface area contributed by atoms with Gasteiger partial charge in [-0.05, 0) is 71.7 Å². The number of pyridine rings is 1. The Morgan fingerprint density at radius 2 is 2.15 bits per heavy atom. The number of aromatic nitrogens is 1. The lowest BCUT2D eigenvalue weighted by molar-refractivity contribution is 0.158. The van der Waals surface area contributed by atoms with Gasteiger partial charge in [-0.15, -0.1) is 0 Å². The van der Waals surface area contributed by atoms with Gasteiger partial charge in [0.25, 0.3) is 0 Å². The van der Waals surface area contributed by atoms with E-state index in [-0.39, 0.29) is 5.54 Å². The highest BCUT2D eigenvalue weighted by Gasteiger charge is 2.21. The van der Waals surface area contributed by atoms with Crippen molar-refractivity contribution in [3.8, 4) is 0 Å². The van der Waals surface area contributed by atoms with Crippen molar-refractivity contribution < 1.29 is 0 Å². The fraction of sp³-hybridized carbons (Fsp3) is 0.706. The Labute approximate surface area is 123 Å². The molecule has 0 aliphatic carbocycles. The molecule has 1 atom stereocenters. The van der Waals surface area contributed by atoms with Crippen molar-refractivity contribution >= 4 is 0 Å². The van der Waals surface area contributed by atoms with E-state index < -0.39 is 0 Å². The van der Waals surface area contributed by atoms with Gasteiger partial charge in [-0.3, -0.25) is 9.88 Å². The first-order valence-corrected chi connectivity index (χ1v) is 7.82. The number of likely N-dealkylation sites (tertiary alicyclic amines) is 1. The van der Waals surface area contributed by atoms with Crippen LogP contribution in [0.1, 0.15) is 45.0 Å². The Morgan fingerprint density at radius 1 is 1.35 bits per heavy atom. The maximum atomic E-state index is 4.62. The van der Waals surface area contributed by atoms with Crippen LogP contribution in [0.5, 0.6) is 0 Å². The van der Waals surface area contributed by atoms with Crippen LogP contribution >= 0.6 is 0 Å². The second-order valence-corrected chi connectivity index (χ2v) is 7.14. The van der Waals surface area contributed by atoms with Crippen LogP contribution in [0.4, 0.5) is 0 Å². The van der Waals surface area contributed by atoms with Crippen molar-refractivity contribution in [2.45, 2.75) is 52.6 Å². The van der Waals surface area contributed by atoms with E-state index >= 15 is 0 Å². The van der Waals surface area contributed by atoms with Crippen LogP contribution in [0, 0.1) is 12.8 Å². The molecule has 1 fully saturated rings. The summed E-state index contributed by atoms with van der Waals surface area (Å²) in [4.78, 5) is 7.18. The molecule has 1 unspecified atom stereocenters. The molecule has 3 heteroatoms. The summed E-state index contributed by atoms with van der Waals surface area (Å²) >= 11 is 0. The number of aryl methyl sites for hydroxylation is 1. The molecule has 1 aliphatic rings. The molecule has 1 N–H and O–H groups in total. The highest BCUT2D eigenvalue weighted by molar-refractivity contribution is 5.09. The molecule has 1 aliphatic heterocycles. The second kappa shape index (κ2) is 6.68. The van der Waals surface area contributed by atoms with Crippen molar-refractivity contribution in [3.05, 3.63) is 29.6 Å². The van der Waals surface area contributed by atoms with Crippen LogP contribution in [0.2, 0.25) is 0 Å².